The van der Waals surface area contributed by atoms with Crippen molar-refractivity contribution in [2.75, 3.05) is 25.0 Å². The third-order valence-corrected chi connectivity index (χ3v) is 3.54. The third kappa shape index (κ3) is 3.24. The molecule has 0 aliphatic carbocycles. The number of morpholine rings is 1. The summed E-state index contributed by atoms with van der Waals surface area (Å²) in [5.74, 6) is -1.53. The van der Waals surface area contributed by atoms with Crippen LogP contribution in [0.15, 0.2) is 18.2 Å². The van der Waals surface area contributed by atoms with Crippen LogP contribution in [0.5, 0.6) is 0 Å². The molecule has 1 aliphatic rings. The Morgan fingerprint density at radius 1 is 1.41 bits per heavy atom. The SMILES string of the molecule is Fc1cccc(CN2CCOC(CBr)C2)c1F. The highest BCUT2D eigenvalue weighted by Gasteiger charge is 2.20. The van der Waals surface area contributed by atoms with Gasteiger partial charge in [0.15, 0.2) is 11.6 Å². The Bertz CT molecular complexity index is 389. The molecule has 2 nitrogen and oxygen atoms in total. The molecule has 0 aromatic heterocycles. The zero-order chi connectivity index (χ0) is 12.3. The summed E-state index contributed by atoms with van der Waals surface area (Å²) in [6.07, 6.45) is 0.125. The summed E-state index contributed by atoms with van der Waals surface area (Å²) >= 11 is 3.36. The van der Waals surface area contributed by atoms with Gasteiger partial charge in [0.25, 0.3) is 0 Å². The van der Waals surface area contributed by atoms with Gasteiger partial charge in [0.2, 0.25) is 0 Å². The molecular weight excluding hydrogens is 292 g/mol. The summed E-state index contributed by atoms with van der Waals surface area (Å²) in [5, 5.41) is 0.759. The molecule has 2 rings (SSSR count). The molecular formula is C12H14BrF2NO. The number of benzene rings is 1. The van der Waals surface area contributed by atoms with Crippen molar-refractivity contribution in [3.05, 3.63) is 35.4 Å². The molecule has 17 heavy (non-hydrogen) atoms. The van der Waals surface area contributed by atoms with Gasteiger partial charge < -0.3 is 4.74 Å². The second-order valence-electron chi connectivity index (χ2n) is 4.10. The van der Waals surface area contributed by atoms with Crippen LogP contribution >= 0.6 is 15.9 Å². The van der Waals surface area contributed by atoms with Crippen LogP contribution in [0.25, 0.3) is 0 Å². The highest BCUT2D eigenvalue weighted by molar-refractivity contribution is 9.09. The van der Waals surface area contributed by atoms with Crippen molar-refractivity contribution in [3.8, 4) is 0 Å². The highest BCUT2D eigenvalue weighted by atomic mass is 79.9. The first-order valence-electron chi connectivity index (χ1n) is 5.53. The lowest BCUT2D eigenvalue weighted by atomic mass is 10.1. The van der Waals surface area contributed by atoms with Crippen molar-refractivity contribution in [1.82, 2.24) is 4.90 Å². The molecule has 1 fully saturated rings. The van der Waals surface area contributed by atoms with E-state index in [2.05, 4.69) is 20.8 Å². The smallest absolute Gasteiger partial charge is 0.163 e. The Morgan fingerprint density at radius 2 is 2.24 bits per heavy atom. The third-order valence-electron chi connectivity index (χ3n) is 2.82. The van der Waals surface area contributed by atoms with Gasteiger partial charge >= 0.3 is 0 Å². The first kappa shape index (κ1) is 12.9. The van der Waals surface area contributed by atoms with Gasteiger partial charge in [-0.2, -0.15) is 0 Å². The molecule has 1 saturated heterocycles. The predicted molar refractivity (Wildman–Crippen MR) is 65.2 cm³/mol. The minimum Gasteiger partial charge on any atom is -0.375 e. The van der Waals surface area contributed by atoms with E-state index in [1.54, 1.807) is 6.07 Å². The minimum absolute atomic E-state index is 0.125. The van der Waals surface area contributed by atoms with Gasteiger partial charge in [-0.1, -0.05) is 28.1 Å². The molecule has 0 saturated carbocycles. The normalized spacial score (nSPS) is 21.7. The molecule has 1 aliphatic heterocycles. The average molecular weight is 306 g/mol. The lowest BCUT2D eigenvalue weighted by Crippen LogP contribution is -2.42. The topological polar surface area (TPSA) is 12.5 Å². The highest BCUT2D eigenvalue weighted by Crippen LogP contribution is 2.16. The van der Waals surface area contributed by atoms with Gasteiger partial charge in [-0.05, 0) is 6.07 Å². The fourth-order valence-electron chi connectivity index (χ4n) is 1.93. The van der Waals surface area contributed by atoms with Crippen molar-refractivity contribution >= 4 is 15.9 Å². The van der Waals surface area contributed by atoms with Gasteiger partial charge in [0, 0.05) is 30.5 Å². The molecule has 1 aromatic rings. The molecule has 94 valence electrons. The standard InChI is InChI=1S/C12H14BrF2NO/c13-6-10-8-16(4-5-17-10)7-9-2-1-3-11(14)12(9)15/h1-3,10H,4-8H2. The fraction of sp³-hybridized carbons (Fsp3) is 0.500. The number of hydrogen-bond donors (Lipinski definition) is 0. The van der Waals surface area contributed by atoms with Crippen LogP contribution in [-0.2, 0) is 11.3 Å². The number of rotatable bonds is 3. The van der Waals surface area contributed by atoms with E-state index in [1.165, 1.54) is 6.07 Å². The van der Waals surface area contributed by atoms with Crippen molar-refractivity contribution in [2.45, 2.75) is 12.6 Å². The summed E-state index contributed by atoms with van der Waals surface area (Å²) in [7, 11) is 0. The molecule has 1 unspecified atom stereocenters. The molecule has 1 atom stereocenters. The summed E-state index contributed by atoms with van der Waals surface area (Å²) < 4.78 is 32.0. The maximum atomic E-state index is 13.5. The first-order valence-corrected chi connectivity index (χ1v) is 6.65. The number of alkyl halides is 1. The second-order valence-corrected chi connectivity index (χ2v) is 4.74. The van der Waals surface area contributed by atoms with E-state index in [0.717, 1.165) is 24.5 Å². The van der Waals surface area contributed by atoms with Crippen LogP contribution in [0.4, 0.5) is 8.78 Å². The largest absolute Gasteiger partial charge is 0.375 e. The number of halogens is 3. The molecule has 0 radical (unpaired) electrons. The Kier molecular flexibility index (Phi) is 4.48. The average Bonchev–Trinajstić information content (AvgIpc) is 2.35. The number of nitrogens with zero attached hydrogens (tertiary/aromatic N) is 1. The second kappa shape index (κ2) is 5.89. The van der Waals surface area contributed by atoms with Crippen LogP contribution in [0.3, 0.4) is 0 Å². The summed E-state index contributed by atoms with van der Waals surface area (Å²) in [6, 6.07) is 4.30. The van der Waals surface area contributed by atoms with Crippen LogP contribution < -0.4 is 0 Å². The summed E-state index contributed by atoms with van der Waals surface area (Å²) in [6.45, 7) is 2.55. The molecule has 1 aromatic carbocycles. The molecule has 0 bridgehead atoms. The Balaban J connectivity index is 2.02. The lowest BCUT2D eigenvalue weighted by molar-refractivity contribution is -0.0184. The molecule has 0 amide bonds. The van der Waals surface area contributed by atoms with Crippen molar-refractivity contribution in [2.24, 2.45) is 0 Å². The van der Waals surface area contributed by atoms with E-state index in [1.807, 2.05) is 0 Å². The van der Waals surface area contributed by atoms with Gasteiger partial charge in [0.1, 0.15) is 0 Å². The monoisotopic (exact) mass is 305 g/mol. The minimum atomic E-state index is -0.784. The van der Waals surface area contributed by atoms with Crippen LogP contribution in [-0.4, -0.2) is 36.0 Å². The molecule has 0 spiro atoms. The Morgan fingerprint density at radius 3 is 3.00 bits per heavy atom. The van der Waals surface area contributed by atoms with Gasteiger partial charge in [-0.3, -0.25) is 4.90 Å². The maximum Gasteiger partial charge on any atom is 0.163 e. The van der Waals surface area contributed by atoms with Crippen LogP contribution in [0.1, 0.15) is 5.56 Å². The van der Waals surface area contributed by atoms with Crippen molar-refractivity contribution < 1.29 is 13.5 Å². The zero-order valence-electron chi connectivity index (χ0n) is 9.33. The van der Waals surface area contributed by atoms with Gasteiger partial charge in [0.05, 0.1) is 12.7 Å². The van der Waals surface area contributed by atoms with E-state index in [-0.39, 0.29) is 6.10 Å². The molecule has 0 N–H and O–H groups in total. The van der Waals surface area contributed by atoms with Gasteiger partial charge in [-0.25, -0.2) is 8.78 Å². The van der Waals surface area contributed by atoms with Crippen molar-refractivity contribution in [1.29, 1.82) is 0 Å². The molecule has 1 heterocycles. The Hall–Kier alpha value is -0.520. The van der Waals surface area contributed by atoms with E-state index in [0.29, 0.717) is 18.7 Å². The van der Waals surface area contributed by atoms with Gasteiger partial charge in [-0.15, -0.1) is 0 Å². The zero-order valence-corrected chi connectivity index (χ0v) is 10.9. The van der Waals surface area contributed by atoms with E-state index >= 15 is 0 Å². The molecule has 5 heteroatoms. The Labute approximate surface area is 108 Å². The van der Waals surface area contributed by atoms with E-state index < -0.39 is 11.6 Å². The first-order chi connectivity index (χ1) is 8.20. The summed E-state index contributed by atoms with van der Waals surface area (Å²) in [4.78, 5) is 2.08. The fourth-order valence-corrected chi connectivity index (χ4v) is 2.32. The maximum absolute atomic E-state index is 13.5. The van der Waals surface area contributed by atoms with Crippen molar-refractivity contribution in [3.63, 3.8) is 0 Å². The van der Waals surface area contributed by atoms with E-state index in [9.17, 15) is 8.78 Å². The lowest BCUT2D eigenvalue weighted by Gasteiger charge is -2.32. The summed E-state index contributed by atoms with van der Waals surface area (Å²) in [5.41, 5.74) is 0.403. The number of hydrogen-bond acceptors (Lipinski definition) is 2. The van der Waals surface area contributed by atoms with Crippen LogP contribution in [0.2, 0.25) is 0 Å². The predicted octanol–water partition coefficient (Wildman–Crippen LogP) is 2.56. The quantitative estimate of drug-likeness (QED) is 0.796. The number of ether oxygens (including phenoxy) is 1. The van der Waals surface area contributed by atoms with Crippen LogP contribution in [0, 0.1) is 11.6 Å². The van der Waals surface area contributed by atoms with E-state index in [4.69, 9.17) is 4.74 Å².